The lowest BCUT2D eigenvalue weighted by molar-refractivity contribution is -0.137. The van der Waals surface area contributed by atoms with E-state index in [0.29, 0.717) is 17.0 Å². The Morgan fingerprint density at radius 1 is 1.18 bits per heavy atom. The normalized spacial score (nSPS) is 10.9. The summed E-state index contributed by atoms with van der Waals surface area (Å²) in [5, 5.41) is 20.9. The summed E-state index contributed by atoms with van der Waals surface area (Å²) in [6.07, 6.45) is 1.36. The van der Waals surface area contributed by atoms with Crippen molar-refractivity contribution in [2.75, 3.05) is 11.9 Å². The number of nitrogens with one attached hydrogen (secondary N) is 1. The average Bonchev–Trinajstić information content (AvgIpc) is 2.62. The van der Waals surface area contributed by atoms with E-state index in [1.165, 1.54) is 6.08 Å². The Balaban J connectivity index is 2.18. The van der Waals surface area contributed by atoms with E-state index < -0.39 is 11.9 Å². The summed E-state index contributed by atoms with van der Waals surface area (Å²) < 4.78 is 5.38. The van der Waals surface area contributed by atoms with Crippen molar-refractivity contribution >= 4 is 23.6 Å². The van der Waals surface area contributed by atoms with Crippen molar-refractivity contribution in [1.29, 1.82) is 5.26 Å². The van der Waals surface area contributed by atoms with Crippen LogP contribution in [0.4, 0.5) is 5.69 Å². The highest BCUT2D eigenvalue weighted by atomic mass is 16.5. The van der Waals surface area contributed by atoms with Crippen LogP contribution in [-0.2, 0) is 9.59 Å². The van der Waals surface area contributed by atoms with Gasteiger partial charge in [-0.2, -0.15) is 5.26 Å². The summed E-state index contributed by atoms with van der Waals surface area (Å²) in [5.74, 6) is -0.964. The molecule has 0 aliphatic rings. The molecule has 0 heterocycles. The number of carbonyl (C=O) groups is 2. The van der Waals surface area contributed by atoms with Gasteiger partial charge in [-0.15, -0.1) is 0 Å². The molecule has 0 bridgehead atoms. The highest BCUT2D eigenvalue weighted by Gasteiger charge is 2.13. The second kappa shape index (κ2) is 9.38. The molecular formula is C22H22N2O4. The molecule has 0 radical (unpaired) electrons. The molecule has 1 amide bonds. The molecular weight excluding hydrogens is 356 g/mol. The minimum Gasteiger partial charge on any atom is -0.493 e. The van der Waals surface area contributed by atoms with Gasteiger partial charge in [0.05, 0.1) is 13.0 Å². The summed E-state index contributed by atoms with van der Waals surface area (Å²) >= 11 is 0. The lowest BCUT2D eigenvalue weighted by Crippen LogP contribution is -2.15. The molecule has 0 spiro atoms. The zero-order chi connectivity index (χ0) is 20.7. The van der Waals surface area contributed by atoms with Gasteiger partial charge in [0.15, 0.2) is 0 Å². The second-order valence-electron chi connectivity index (χ2n) is 6.46. The number of nitrogens with zero attached hydrogens (tertiary/aromatic N) is 1. The van der Waals surface area contributed by atoms with Gasteiger partial charge in [0.1, 0.15) is 17.4 Å². The number of benzene rings is 2. The number of rotatable bonds is 7. The Labute approximate surface area is 164 Å². The molecule has 0 saturated heterocycles. The number of nitriles is 1. The molecule has 0 atom stereocenters. The number of anilines is 1. The third kappa shape index (κ3) is 5.71. The Kier molecular flexibility index (Phi) is 6.94. The summed E-state index contributed by atoms with van der Waals surface area (Å²) in [5.41, 5.74) is 4.22. The molecule has 2 N–H and O–H groups in total. The molecule has 0 aromatic heterocycles. The molecule has 6 nitrogen and oxygen atoms in total. The number of aryl methyl sites for hydroxylation is 3. The first-order valence-corrected chi connectivity index (χ1v) is 8.76. The van der Waals surface area contributed by atoms with Gasteiger partial charge in [-0.1, -0.05) is 29.8 Å². The quantitative estimate of drug-likeness (QED) is 0.560. The van der Waals surface area contributed by atoms with Crippen LogP contribution < -0.4 is 10.1 Å². The van der Waals surface area contributed by atoms with E-state index >= 15 is 0 Å². The van der Waals surface area contributed by atoms with Crippen LogP contribution in [0.2, 0.25) is 0 Å². The third-order valence-electron chi connectivity index (χ3n) is 4.03. The number of hydrogen-bond acceptors (Lipinski definition) is 4. The number of hydrogen-bond donors (Lipinski definition) is 2. The number of ether oxygens (including phenoxy) is 1. The predicted octanol–water partition coefficient (Wildman–Crippen LogP) is 4.01. The van der Waals surface area contributed by atoms with Crippen LogP contribution in [0.3, 0.4) is 0 Å². The van der Waals surface area contributed by atoms with Gasteiger partial charge >= 0.3 is 5.97 Å². The van der Waals surface area contributed by atoms with E-state index in [1.54, 1.807) is 24.3 Å². The van der Waals surface area contributed by atoms with Gasteiger partial charge in [0, 0.05) is 5.69 Å². The molecule has 6 heteroatoms. The Morgan fingerprint density at radius 2 is 1.86 bits per heavy atom. The molecule has 144 valence electrons. The molecule has 0 saturated carbocycles. The van der Waals surface area contributed by atoms with Crippen molar-refractivity contribution in [3.8, 4) is 11.8 Å². The zero-order valence-electron chi connectivity index (χ0n) is 16.1. The van der Waals surface area contributed by atoms with Crippen LogP contribution in [0.15, 0.2) is 42.0 Å². The topological polar surface area (TPSA) is 99.4 Å². The molecule has 2 aromatic rings. The van der Waals surface area contributed by atoms with E-state index in [2.05, 4.69) is 5.32 Å². The second-order valence-corrected chi connectivity index (χ2v) is 6.46. The van der Waals surface area contributed by atoms with Crippen molar-refractivity contribution in [3.05, 3.63) is 64.2 Å². The standard InChI is InChI=1S/C22H22N2O4/c1-14-9-15(2)21(16(3)10-14)24-22(27)18(13-23)11-17-5-4-6-19(12-17)28-8-7-20(25)26/h4-6,9-12H,7-8H2,1-3H3,(H,24,27)(H,25,26)/b18-11-. The minimum atomic E-state index is -0.943. The fourth-order valence-electron chi connectivity index (χ4n) is 2.82. The smallest absolute Gasteiger partial charge is 0.306 e. The van der Waals surface area contributed by atoms with E-state index in [1.807, 2.05) is 39.0 Å². The summed E-state index contributed by atoms with van der Waals surface area (Å²) in [4.78, 5) is 23.1. The van der Waals surface area contributed by atoms with Crippen molar-refractivity contribution in [2.45, 2.75) is 27.2 Å². The molecule has 2 rings (SSSR count). The number of aliphatic carboxylic acids is 1. The van der Waals surface area contributed by atoms with Gasteiger partial charge in [-0.3, -0.25) is 9.59 Å². The molecule has 0 aliphatic carbocycles. The van der Waals surface area contributed by atoms with Crippen molar-refractivity contribution < 1.29 is 19.4 Å². The number of carboxylic acids is 1. The summed E-state index contributed by atoms with van der Waals surface area (Å²) in [6.45, 7) is 5.84. The van der Waals surface area contributed by atoms with Crippen molar-refractivity contribution in [3.63, 3.8) is 0 Å². The predicted molar refractivity (Wildman–Crippen MR) is 107 cm³/mol. The van der Waals surface area contributed by atoms with E-state index in [0.717, 1.165) is 16.7 Å². The van der Waals surface area contributed by atoms with Gasteiger partial charge < -0.3 is 15.2 Å². The monoisotopic (exact) mass is 378 g/mol. The SMILES string of the molecule is Cc1cc(C)c(NC(=O)/C(C#N)=C\c2cccc(OCCC(=O)O)c2)c(C)c1. The molecule has 28 heavy (non-hydrogen) atoms. The first-order valence-electron chi connectivity index (χ1n) is 8.76. The maximum atomic E-state index is 12.6. The van der Waals surface area contributed by atoms with Crippen LogP contribution in [0.1, 0.15) is 28.7 Å². The van der Waals surface area contributed by atoms with E-state index in [4.69, 9.17) is 9.84 Å². The lowest BCUT2D eigenvalue weighted by Gasteiger charge is -2.12. The molecule has 0 aliphatic heterocycles. The minimum absolute atomic E-state index is 0.0398. The molecule has 0 unspecified atom stereocenters. The van der Waals surface area contributed by atoms with Gasteiger partial charge in [0.25, 0.3) is 5.91 Å². The lowest BCUT2D eigenvalue weighted by atomic mass is 10.0. The van der Waals surface area contributed by atoms with Crippen LogP contribution in [-0.4, -0.2) is 23.6 Å². The Hall–Kier alpha value is -3.59. The zero-order valence-corrected chi connectivity index (χ0v) is 16.1. The van der Waals surface area contributed by atoms with Gasteiger partial charge in [-0.05, 0) is 55.7 Å². The number of amides is 1. The largest absolute Gasteiger partial charge is 0.493 e. The van der Waals surface area contributed by atoms with Crippen LogP contribution in [0.5, 0.6) is 5.75 Å². The average molecular weight is 378 g/mol. The van der Waals surface area contributed by atoms with Crippen molar-refractivity contribution in [2.24, 2.45) is 0 Å². The summed E-state index contributed by atoms with van der Waals surface area (Å²) in [6, 6.07) is 12.6. The highest BCUT2D eigenvalue weighted by Crippen LogP contribution is 2.23. The van der Waals surface area contributed by atoms with Gasteiger partial charge in [-0.25, -0.2) is 0 Å². The Bertz CT molecular complexity index is 948. The number of carboxylic acid groups (broad SMARTS) is 1. The van der Waals surface area contributed by atoms with Crippen LogP contribution >= 0.6 is 0 Å². The van der Waals surface area contributed by atoms with E-state index in [-0.39, 0.29) is 18.6 Å². The first kappa shape index (κ1) is 20.7. The van der Waals surface area contributed by atoms with Crippen LogP contribution in [0.25, 0.3) is 6.08 Å². The van der Waals surface area contributed by atoms with Crippen molar-refractivity contribution in [1.82, 2.24) is 0 Å². The third-order valence-corrected chi connectivity index (χ3v) is 4.03. The fourth-order valence-corrected chi connectivity index (χ4v) is 2.82. The maximum Gasteiger partial charge on any atom is 0.306 e. The number of carbonyl (C=O) groups excluding carboxylic acids is 1. The Morgan fingerprint density at radius 3 is 2.46 bits per heavy atom. The van der Waals surface area contributed by atoms with E-state index in [9.17, 15) is 14.9 Å². The molecule has 2 aromatic carbocycles. The summed E-state index contributed by atoms with van der Waals surface area (Å²) in [7, 11) is 0. The molecule has 0 fully saturated rings. The maximum absolute atomic E-state index is 12.6. The fraction of sp³-hybridized carbons (Fsp3) is 0.227. The van der Waals surface area contributed by atoms with Gasteiger partial charge in [0.2, 0.25) is 0 Å². The van der Waals surface area contributed by atoms with Crippen LogP contribution in [0, 0.1) is 32.1 Å². The first-order chi connectivity index (χ1) is 13.3. The highest BCUT2D eigenvalue weighted by molar-refractivity contribution is 6.10.